The van der Waals surface area contributed by atoms with E-state index in [0.29, 0.717) is 44.4 Å². The molecule has 7 unspecified atom stereocenters. The van der Waals surface area contributed by atoms with Crippen molar-refractivity contribution in [3.8, 4) is 0 Å². The van der Waals surface area contributed by atoms with Gasteiger partial charge in [0.2, 0.25) is 41.4 Å². The van der Waals surface area contributed by atoms with E-state index in [2.05, 4.69) is 31.6 Å². The highest BCUT2D eigenvalue weighted by molar-refractivity contribution is 7.98. The average molecular weight is 765 g/mol. The Morgan fingerprint density at radius 1 is 0.736 bits per heavy atom. The Morgan fingerprint density at radius 3 is 1.92 bits per heavy atom. The van der Waals surface area contributed by atoms with Crippen molar-refractivity contribution in [2.75, 3.05) is 31.6 Å². The van der Waals surface area contributed by atoms with Crippen LogP contribution in [-0.2, 0) is 33.6 Å². The van der Waals surface area contributed by atoms with Crippen LogP contribution in [0.1, 0.15) is 86.0 Å². The Kier molecular flexibility index (Phi) is 16.7. The highest BCUT2D eigenvalue weighted by Gasteiger charge is 2.44. The Hall–Kier alpha value is -4.09. The van der Waals surface area contributed by atoms with E-state index in [9.17, 15) is 33.6 Å². The van der Waals surface area contributed by atoms with Crippen LogP contribution >= 0.6 is 11.8 Å². The first-order valence-electron chi connectivity index (χ1n) is 18.7. The fourth-order valence-electron chi connectivity index (χ4n) is 6.94. The molecule has 298 valence electrons. The van der Waals surface area contributed by atoms with Crippen molar-refractivity contribution in [3.05, 3.63) is 0 Å². The van der Waals surface area contributed by atoms with E-state index in [0.717, 1.165) is 0 Å². The monoisotopic (exact) mass is 764 g/mol. The van der Waals surface area contributed by atoms with Crippen LogP contribution in [-0.4, -0.2) is 131 Å². The van der Waals surface area contributed by atoms with Gasteiger partial charge in [-0.15, -0.1) is 0 Å². The van der Waals surface area contributed by atoms with Gasteiger partial charge in [0.05, 0.1) is 0 Å². The normalized spacial score (nSPS) is 28.4. The minimum atomic E-state index is -1.07. The third-order valence-corrected chi connectivity index (χ3v) is 10.4. The zero-order valence-electron chi connectivity index (χ0n) is 31.9. The molecule has 0 aromatic heterocycles. The van der Waals surface area contributed by atoms with Crippen molar-refractivity contribution in [2.24, 2.45) is 28.3 Å². The van der Waals surface area contributed by atoms with Gasteiger partial charge in [-0.25, -0.2) is 0 Å². The summed E-state index contributed by atoms with van der Waals surface area (Å²) in [7, 11) is 0. The first kappa shape index (κ1) is 43.3. The van der Waals surface area contributed by atoms with Crippen molar-refractivity contribution in [1.82, 2.24) is 36.4 Å². The van der Waals surface area contributed by atoms with Crippen LogP contribution in [0.5, 0.6) is 0 Å². The lowest BCUT2D eigenvalue weighted by atomic mass is 10.0. The fourth-order valence-corrected chi connectivity index (χ4v) is 7.42. The molecular weight excluding hydrogens is 705 g/mol. The van der Waals surface area contributed by atoms with E-state index in [4.69, 9.17) is 11.5 Å². The number of fused-ring (bicyclic) bond motifs is 2. The molecule has 9 N–H and O–H groups in total. The number of hydrogen-bond donors (Lipinski definition) is 7. The van der Waals surface area contributed by atoms with Crippen LogP contribution in [0.25, 0.3) is 0 Å². The number of amides is 7. The predicted molar refractivity (Wildman–Crippen MR) is 202 cm³/mol. The van der Waals surface area contributed by atoms with Gasteiger partial charge in [0.15, 0.2) is 5.96 Å². The zero-order valence-corrected chi connectivity index (χ0v) is 32.8. The maximum Gasteiger partial charge on any atom is 0.246 e. The molecule has 3 saturated heterocycles. The number of nitrogens with one attached hydrogen (secondary N) is 5. The van der Waals surface area contributed by atoms with Gasteiger partial charge in [0, 0.05) is 19.6 Å². The van der Waals surface area contributed by atoms with Gasteiger partial charge in [-0.3, -0.25) is 38.6 Å². The van der Waals surface area contributed by atoms with Crippen molar-refractivity contribution >= 4 is 59.1 Å². The maximum absolute atomic E-state index is 14.3. The average Bonchev–Trinajstić information content (AvgIpc) is 3.79. The summed E-state index contributed by atoms with van der Waals surface area (Å²) >= 11 is 1.48. The maximum atomic E-state index is 14.3. The minimum absolute atomic E-state index is 0.0383. The van der Waals surface area contributed by atoms with E-state index in [-0.39, 0.29) is 56.1 Å². The van der Waals surface area contributed by atoms with Gasteiger partial charge in [-0.2, -0.15) is 11.8 Å². The SMILES string of the molecule is CSCCC1NC(=O)C(C(C)C)NC(=O)C(C)NC(=O)C2CCCN2C(=O)C2CCCN2C(=O)C(CCCN=C(N)N)NC(=O)C(CC(C)C)NC1=O. The molecule has 0 saturated carbocycles. The highest BCUT2D eigenvalue weighted by Crippen LogP contribution is 2.26. The van der Waals surface area contributed by atoms with Gasteiger partial charge in [-0.1, -0.05) is 27.7 Å². The molecule has 53 heavy (non-hydrogen) atoms. The molecule has 3 aliphatic heterocycles. The smallest absolute Gasteiger partial charge is 0.246 e. The summed E-state index contributed by atoms with van der Waals surface area (Å²) in [5, 5.41) is 13.9. The van der Waals surface area contributed by atoms with Crippen molar-refractivity contribution in [3.63, 3.8) is 0 Å². The number of hydrogen-bond acceptors (Lipinski definition) is 9. The van der Waals surface area contributed by atoms with Crippen molar-refractivity contribution in [1.29, 1.82) is 0 Å². The second kappa shape index (κ2) is 20.4. The highest BCUT2D eigenvalue weighted by atomic mass is 32.2. The predicted octanol–water partition coefficient (Wildman–Crippen LogP) is -1.07. The largest absolute Gasteiger partial charge is 0.370 e. The summed E-state index contributed by atoms with van der Waals surface area (Å²) < 4.78 is 0. The summed E-state index contributed by atoms with van der Waals surface area (Å²) in [6.07, 6.45) is 4.69. The van der Waals surface area contributed by atoms with E-state index < -0.39 is 77.7 Å². The van der Waals surface area contributed by atoms with E-state index in [1.54, 1.807) is 13.8 Å². The van der Waals surface area contributed by atoms with Crippen LogP contribution < -0.4 is 38.1 Å². The molecule has 0 radical (unpaired) electrons. The van der Waals surface area contributed by atoms with Crippen LogP contribution in [0.3, 0.4) is 0 Å². The molecule has 18 heteroatoms. The second-order valence-electron chi connectivity index (χ2n) is 14.9. The number of nitrogens with zero attached hydrogens (tertiary/aromatic N) is 3. The lowest BCUT2D eigenvalue weighted by molar-refractivity contribution is -0.148. The molecule has 0 aromatic carbocycles. The molecule has 17 nitrogen and oxygen atoms in total. The van der Waals surface area contributed by atoms with Gasteiger partial charge >= 0.3 is 0 Å². The molecule has 0 spiro atoms. The lowest BCUT2D eigenvalue weighted by Gasteiger charge is -2.33. The van der Waals surface area contributed by atoms with Crippen LogP contribution in [0, 0.1) is 11.8 Å². The van der Waals surface area contributed by atoms with Gasteiger partial charge in [-0.05, 0) is 82.1 Å². The molecule has 0 aromatic rings. The Labute approximate surface area is 316 Å². The number of rotatable bonds is 10. The number of guanidine groups is 1. The summed E-state index contributed by atoms with van der Waals surface area (Å²) in [6.45, 7) is 9.56. The zero-order chi connectivity index (χ0) is 39.4. The number of aliphatic imine (C=N–C) groups is 1. The van der Waals surface area contributed by atoms with Gasteiger partial charge in [0.1, 0.15) is 42.3 Å². The number of nitrogens with two attached hydrogens (primary N) is 2. The number of thioether (sulfide) groups is 1. The fraction of sp³-hybridized carbons (Fsp3) is 0.771. The van der Waals surface area contributed by atoms with Gasteiger partial charge < -0.3 is 47.9 Å². The Morgan fingerprint density at radius 2 is 1.32 bits per heavy atom. The first-order chi connectivity index (χ1) is 25.0. The Balaban J connectivity index is 2.06. The minimum Gasteiger partial charge on any atom is -0.370 e. The topological polar surface area (TPSA) is 251 Å². The molecule has 0 aliphatic carbocycles. The molecule has 0 bridgehead atoms. The van der Waals surface area contributed by atoms with Crippen LogP contribution in [0.15, 0.2) is 4.99 Å². The third kappa shape index (κ3) is 12.2. The van der Waals surface area contributed by atoms with Crippen molar-refractivity contribution in [2.45, 2.75) is 128 Å². The summed E-state index contributed by atoms with van der Waals surface area (Å²) in [5.74, 6) is -3.75. The summed E-state index contributed by atoms with van der Waals surface area (Å²) in [6, 6.07) is -6.96. The molecule has 3 fully saturated rings. The summed E-state index contributed by atoms with van der Waals surface area (Å²) in [5.41, 5.74) is 11.0. The number of carbonyl (C=O) groups excluding carboxylic acids is 7. The molecule has 3 aliphatic rings. The lowest BCUT2D eigenvalue weighted by Crippen LogP contribution is -2.60. The van der Waals surface area contributed by atoms with Crippen LogP contribution in [0.2, 0.25) is 0 Å². The van der Waals surface area contributed by atoms with Crippen molar-refractivity contribution < 1.29 is 33.6 Å². The van der Waals surface area contributed by atoms with E-state index >= 15 is 0 Å². The summed E-state index contributed by atoms with van der Waals surface area (Å²) in [4.78, 5) is 104. The number of carbonyl (C=O) groups is 7. The quantitative estimate of drug-likeness (QED) is 0.0807. The molecule has 7 atom stereocenters. The molecule has 7 amide bonds. The van der Waals surface area contributed by atoms with Crippen LogP contribution in [0.4, 0.5) is 0 Å². The standard InChI is InChI=1S/C35H60N10O7S/c1-19(2)18-24-30(48)41-23(10-7-14-38-35(36)37)33(51)45-16-9-12-26(45)34(52)44-15-8-11-25(44)31(49)39-21(5)28(46)43-27(20(3)4)32(50)40-22(13-17-53-6)29(47)42-24/h19-27H,7-18H2,1-6H3,(H,39,49)(H,40,50)(H,41,48)(H,42,47)(H,43,46)(H4,36,37,38). The third-order valence-electron chi connectivity index (χ3n) is 9.80. The molecule has 3 heterocycles. The Bertz CT molecular complexity index is 1370. The van der Waals surface area contributed by atoms with E-state index in [1.807, 2.05) is 20.1 Å². The molecular formula is C35H60N10O7S. The first-order valence-corrected chi connectivity index (χ1v) is 20.1. The van der Waals surface area contributed by atoms with E-state index in [1.165, 1.54) is 28.5 Å². The molecule has 3 rings (SSSR count). The second-order valence-corrected chi connectivity index (χ2v) is 15.9. The van der Waals surface area contributed by atoms with Gasteiger partial charge in [0.25, 0.3) is 0 Å².